The van der Waals surface area contributed by atoms with Crippen molar-refractivity contribution in [2.75, 3.05) is 13.7 Å². The quantitative estimate of drug-likeness (QED) is 0.847. The van der Waals surface area contributed by atoms with Crippen molar-refractivity contribution in [1.82, 2.24) is 19.9 Å². The van der Waals surface area contributed by atoms with Crippen LogP contribution in [0.1, 0.15) is 32.1 Å². The Hall–Kier alpha value is -1.46. The molecule has 0 spiro atoms. The van der Waals surface area contributed by atoms with Crippen LogP contribution in [0.2, 0.25) is 0 Å². The SMILES string of the molecule is COCCC(C)NC(C)c1nnc2ccccn12. The minimum absolute atomic E-state index is 0.161. The van der Waals surface area contributed by atoms with Crippen LogP contribution in [0.25, 0.3) is 5.65 Å². The highest BCUT2D eigenvalue weighted by Crippen LogP contribution is 2.12. The van der Waals surface area contributed by atoms with E-state index in [1.165, 1.54) is 0 Å². The van der Waals surface area contributed by atoms with E-state index in [4.69, 9.17) is 4.74 Å². The minimum Gasteiger partial charge on any atom is -0.385 e. The topological polar surface area (TPSA) is 51.5 Å². The van der Waals surface area contributed by atoms with Crippen molar-refractivity contribution in [3.05, 3.63) is 30.2 Å². The van der Waals surface area contributed by atoms with Crippen molar-refractivity contribution in [3.8, 4) is 0 Å². The lowest BCUT2D eigenvalue weighted by atomic mass is 10.2. The number of rotatable bonds is 6. The molecule has 0 saturated carbocycles. The van der Waals surface area contributed by atoms with Crippen LogP contribution in [-0.2, 0) is 4.74 Å². The summed E-state index contributed by atoms with van der Waals surface area (Å²) in [5.74, 6) is 0.940. The van der Waals surface area contributed by atoms with Gasteiger partial charge in [-0.3, -0.25) is 4.40 Å². The molecule has 2 unspecified atom stereocenters. The van der Waals surface area contributed by atoms with Crippen molar-refractivity contribution in [1.29, 1.82) is 0 Å². The number of nitrogens with zero attached hydrogens (tertiary/aromatic N) is 3. The van der Waals surface area contributed by atoms with E-state index in [1.54, 1.807) is 7.11 Å². The highest BCUT2D eigenvalue weighted by Gasteiger charge is 2.14. The molecule has 98 valence electrons. The molecule has 2 aromatic rings. The summed E-state index contributed by atoms with van der Waals surface area (Å²) in [6.07, 6.45) is 2.97. The normalized spacial score (nSPS) is 14.8. The largest absolute Gasteiger partial charge is 0.385 e. The molecule has 0 radical (unpaired) electrons. The van der Waals surface area contributed by atoms with Crippen LogP contribution < -0.4 is 5.32 Å². The van der Waals surface area contributed by atoms with Gasteiger partial charge in [0.15, 0.2) is 11.5 Å². The second-order valence-electron chi connectivity index (χ2n) is 4.56. The third-order valence-corrected chi connectivity index (χ3v) is 3.02. The molecule has 0 aliphatic heterocycles. The lowest BCUT2D eigenvalue weighted by molar-refractivity contribution is 0.183. The summed E-state index contributed by atoms with van der Waals surface area (Å²) in [4.78, 5) is 0. The van der Waals surface area contributed by atoms with Crippen molar-refractivity contribution >= 4 is 5.65 Å². The summed E-state index contributed by atoms with van der Waals surface area (Å²) in [5, 5.41) is 11.9. The van der Waals surface area contributed by atoms with Gasteiger partial charge in [-0.25, -0.2) is 0 Å². The number of hydrogen-bond donors (Lipinski definition) is 1. The molecular formula is C13H20N4O. The van der Waals surface area contributed by atoms with Crippen molar-refractivity contribution in [3.63, 3.8) is 0 Å². The van der Waals surface area contributed by atoms with Gasteiger partial charge in [-0.15, -0.1) is 10.2 Å². The van der Waals surface area contributed by atoms with Gasteiger partial charge in [-0.1, -0.05) is 6.07 Å². The summed E-state index contributed by atoms with van der Waals surface area (Å²) in [7, 11) is 1.72. The Morgan fingerprint density at radius 2 is 2.17 bits per heavy atom. The highest BCUT2D eigenvalue weighted by molar-refractivity contribution is 5.37. The molecule has 0 amide bonds. The molecule has 0 aliphatic carbocycles. The molecule has 5 heteroatoms. The zero-order valence-electron chi connectivity index (χ0n) is 11.1. The molecule has 2 atom stereocenters. The first kappa shape index (κ1) is 13.0. The zero-order valence-corrected chi connectivity index (χ0v) is 11.1. The molecule has 0 saturated heterocycles. The first-order valence-corrected chi connectivity index (χ1v) is 6.27. The van der Waals surface area contributed by atoms with Crippen LogP contribution in [0.5, 0.6) is 0 Å². The predicted molar refractivity (Wildman–Crippen MR) is 70.5 cm³/mol. The van der Waals surface area contributed by atoms with Crippen LogP contribution in [0.15, 0.2) is 24.4 Å². The van der Waals surface area contributed by atoms with E-state index < -0.39 is 0 Å². The van der Waals surface area contributed by atoms with E-state index in [2.05, 4.69) is 29.4 Å². The first-order chi connectivity index (χ1) is 8.72. The van der Waals surface area contributed by atoms with E-state index in [1.807, 2.05) is 28.8 Å². The summed E-state index contributed by atoms with van der Waals surface area (Å²) < 4.78 is 7.10. The number of pyridine rings is 1. The van der Waals surface area contributed by atoms with Gasteiger partial charge in [-0.2, -0.15) is 0 Å². The second-order valence-corrected chi connectivity index (χ2v) is 4.56. The summed E-state index contributed by atoms with van der Waals surface area (Å²) in [5.41, 5.74) is 0.880. The molecule has 1 N–H and O–H groups in total. The van der Waals surface area contributed by atoms with Crippen LogP contribution in [0.4, 0.5) is 0 Å². The lowest BCUT2D eigenvalue weighted by Crippen LogP contribution is -2.31. The average Bonchev–Trinajstić information content (AvgIpc) is 2.80. The Labute approximate surface area is 107 Å². The number of nitrogens with one attached hydrogen (secondary N) is 1. The Morgan fingerprint density at radius 1 is 1.33 bits per heavy atom. The Bertz CT molecular complexity index is 496. The molecule has 0 bridgehead atoms. The molecule has 0 aromatic carbocycles. The van der Waals surface area contributed by atoms with Crippen LogP contribution in [0, 0.1) is 0 Å². The molecular weight excluding hydrogens is 228 g/mol. The number of hydrogen-bond acceptors (Lipinski definition) is 4. The maximum Gasteiger partial charge on any atom is 0.160 e. The fraction of sp³-hybridized carbons (Fsp3) is 0.538. The van der Waals surface area contributed by atoms with Crippen LogP contribution >= 0.6 is 0 Å². The van der Waals surface area contributed by atoms with Gasteiger partial charge < -0.3 is 10.1 Å². The van der Waals surface area contributed by atoms with Crippen molar-refractivity contribution in [2.24, 2.45) is 0 Å². The molecule has 5 nitrogen and oxygen atoms in total. The van der Waals surface area contributed by atoms with E-state index in [9.17, 15) is 0 Å². The average molecular weight is 248 g/mol. The Balaban J connectivity index is 2.06. The summed E-state index contributed by atoms with van der Waals surface area (Å²) in [6, 6.07) is 6.45. The smallest absolute Gasteiger partial charge is 0.160 e. The monoisotopic (exact) mass is 248 g/mol. The van der Waals surface area contributed by atoms with E-state index in [0.717, 1.165) is 24.5 Å². The molecule has 2 heterocycles. The first-order valence-electron chi connectivity index (χ1n) is 6.27. The van der Waals surface area contributed by atoms with Gasteiger partial charge in [0, 0.05) is 26.0 Å². The van der Waals surface area contributed by atoms with Crippen LogP contribution in [0.3, 0.4) is 0 Å². The maximum atomic E-state index is 5.08. The predicted octanol–water partition coefficient (Wildman–Crippen LogP) is 1.80. The maximum absolute atomic E-state index is 5.08. The number of aromatic nitrogens is 3. The molecule has 0 aliphatic rings. The third-order valence-electron chi connectivity index (χ3n) is 3.02. The van der Waals surface area contributed by atoms with Gasteiger partial charge in [0.1, 0.15) is 0 Å². The van der Waals surface area contributed by atoms with Gasteiger partial charge in [0.2, 0.25) is 0 Å². The van der Waals surface area contributed by atoms with Gasteiger partial charge >= 0.3 is 0 Å². The third kappa shape index (κ3) is 2.86. The lowest BCUT2D eigenvalue weighted by Gasteiger charge is -2.18. The molecule has 2 aromatic heterocycles. The minimum atomic E-state index is 0.161. The Morgan fingerprint density at radius 3 is 2.94 bits per heavy atom. The molecule has 2 rings (SSSR count). The van der Waals surface area contributed by atoms with E-state index >= 15 is 0 Å². The summed E-state index contributed by atoms with van der Waals surface area (Å²) >= 11 is 0. The van der Waals surface area contributed by atoms with Crippen molar-refractivity contribution in [2.45, 2.75) is 32.4 Å². The van der Waals surface area contributed by atoms with Gasteiger partial charge in [0.05, 0.1) is 6.04 Å². The number of ether oxygens (including phenoxy) is 1. The number of methoxy groups -OCH3 is 1. The van der Waals surface area contributed by atoms with E-state index in [0.29, 0.717) is 6.04 Å². The zero-order chi connectivity index (χ0) is 13.0. The summed E-state index contributed by atoms with van der Waals surface area (Å²) in [6.45, 7) is 5.02. The fourth-order valence-corrected chi connectivity index (χ4v) is 2.03. The van der Waals surface area contributed by atoms with Crippen LogP contribution in [-0.4, -0.2) is 34.4 Å². The standard InChI is InChI=1S/C13H20N4O/c1-10(7-9-18-3)14-11(2)13-16-15-12-6-4-5-8-17(12)13/h4-6,8,10-11,14H,7,9H2,1-3H3. The van der Waals surface area contributed by atoms with E-state index in [-0.39, 0.29) is 6.04 Å². The fourth-order valence-electron chi connectivity index (χ4n) is 2.03. The highest BCUT2D eigenvalue weighted by atomic mass is 16.5. The van der Waals surface area contributed by atoms with Crippen molar-refractivity contribution < 1.29 is 4.74 Å². The second kappa shape index (κ2) is 5.93. The molecule has 0 fully saturated rings. The molecule has 18 heavy (non-hydrogen) atoms. The Kier molecular flexibility index (Phi) is 4.28. The van der Waals surface area contributed by atoms with Gasteiger partial charge in [0.25, 0.3) is 0 Å². The van der Waals surface area contributed by atoms with Gasteiger partial charge in [-0.05, 0) is 32.4 Å². The number of fused-ring (bicyclic) bond motifs is 1.